The molecule has 4 rings (SSSR count). The number of hydrogen-bond donors (Lipinski definition) is 2. The van der Waals surface area contributed by atoms with Crippen molar-refractivity contribution in [2.24, 2.45) is 0 Å². The molecule has 4 aromatic rings. The Morgan fingerprint density at radius 1 is 0.811 bits per heavy atom. The summed E-state index contributed by atoms with van der Waals surface area (Å²) in [5.41, 5.74) is 2.12. The first-order valence-electron chi connectivity index (χ1n) is 11.6. The molecular formula is C28H26FN3O5. The molecule has 0 atom stereocenters. The van der Waals surface area contributed by atoms with Crippen LogP contribution in [0.1, 0.15) is 11.1 Å². The Morgan fingerprint density at radius 3 is 2.27 bits per heavy atom. The third-order valence-electron chi connectivity index (χ3n) is 5.62. The summed E-state index contributed by atoms with van der Waals surface area (Å²) in [5.74, 6) is -0.765. The predicted molar refractivity (Wildman–Crippen MR) is 136 cm³/mol. The van der Waals surface area contributed by atoms with E-state index in [0.29, 0.717) is 46.7 Å². The Balaban J connectivity index is 1.36. The fourth-order valence-corrected chi connectivity index (χ4v) is 3.70. The Bertz CT molecular complexity index is 1410. The van der Waals surface area contributed by atoms with Crippen LogP contribution in [0.5, 0.6) is 23.0 Å². The first-order valence-corrected chi connectivity index (χ1v) is 11.6. The van der Waals surface area contributed by atoms with Gasteiger partial charge in [-0.1, -0.05) is 36.4 Å². The molecule has 8 nitrogen and oxygen atoms in total. The normalized spacial score (nSPS) is 10.6. The maximum absolute atomic E-state index is 14.8. The highest BCUT2D eigenvalue weighted by Crippen LogP contribution is 2.37. The van der Waals surface area contributed by atoms with Gasteiger partial charge >= 0.3 is 11.8 Å². The van der Waals surface area contributed by atoms with Crippen molar-refractivity contribution in [3.8, 4) is 23.0 Å². The average molecular weight is 504 g/mol. The molecule has 0 radical (unpaired) electrons. The number of hydrogen-bond acceptors (Lipinski definition) is 6. The van der Waals surface area contributed by atoms with Gasteiger partial charge in [0.15, 0.2) is 23.1 Å². The van der Waals surface area contributed by atoms with Crippen LogP contribution in [0.15, 0.2) is 72.9 Å². The monoisotopic (exact) mass is 503 g/mol. The number of fused-ring (bicyclic) bond motifs is 1. The van der Waals surface area contributed by atoms with Crippen molar-refractivity contribution in [3.05, 3.63) is 89.9 Å². The fourth-order valence-electron chi connectivity index (χ4n) is 3.70. The SMILES string of the molecule is COc1cc2nccc(Oc3ccc(CNC(=O)C(=O)NCCc4ccccc4)cc3F)c2cc1OC. The number of ether oxygens (including phenoxy) is 3. The molecule has 190 valence electrons. The first kappa shape index (κ1) is 25.4. The summed E-state index contributed by atoms with van der Waals surface area (Å²) in [6.45, 7) is 0.316. The van der Waals surface area contributed by atoms with E-state index in [1.165, 1.54) is 26.4 Å². The molecule has 9 heteroatoms. The number of benzene rings is 3. The molecule has 0 fully saturated rings. The van der Waals surface area contributed by atoms with E-state index in [9.17, 15) is 14.0 Å². The number of amides is 2. The summed E-state index contributed by atoms with van der Waals surface area (Å²) < 4.78 is 31.3. The van der Waals surface area contributed by atoms with Gasteiger partial charge in [-0.15, -0.1) is 0 Å². The minimum atomic E-state index is -0.790. The molecule has 1 aromatic heterocycles. The maximum Gasteiger partial charge on any atom is 0.309 e. The smallest absolute Gasteiger partial charge is 0.309 e. The van der Waals surface area contributed by atoms with Crippen molar-refractivity contribution >= 4 is 22.7 Å². The van der Waals surface area contributed by atoms with Crippen molar-refractivity contribution in [2.45, 2.75) is 13.0 Å². The van der Waals surface area contributed by atoms with Crippen molar-refractivity contribution < 1.29 is 28.2 Å². The van der Waals surface area contributed by atoms with Crippen LogP contribution in [0.2, 0.25) is 0 Å². The molecule has 0 spiro atoms. The lowest BCUT2D eigenvalue weighted by Crippen LogP contribution is -2.40. The Morgan fingerprint density at radius 2 is 1.54 bits per heavy atom. The molecule has 3 aromatic carbocycles. The van der Waals surface area contributed by atoms with Crippen LogP contribution in [0.25, 0.3) is 10.9 Å². The average Bonchev–Trinajstić information content (AvgIpc) is 2.92. The largest absolute Gasteiger partial charge is 0.493 e. The number of aromatic nitrogens is 1. The third kappa shape index (κ3) is 6.32. The van der Waals surface area contributed by atoms with Crippen LogP contribution >= 0.6 is 0 Å². The highest BCUT2D eigenvalue weighted by atomic mass is 19.1. The van der Waals surface area contributed by atoms with Gasteiger partial charge in [-0.05, 0) is 41.8 Å². The second-order valence-corrected chi connectivity index (χ2v) is 8.07. The summed E-state index contributed by atoms with van der Waals surface area (Å²) in [6, 6.07) is 19.0. The highest BCUT2D eigenvalue weighted by molar-refractivity contribution is 6.35. The lowest BCUT2D eigenvalue weighted by atomic mass is 10.1. The number of halogens is 1. The van der Waals surface area contributed by atoms with Crippen LogP contribution < -0.4 is 24.8 Å². The molecule has 2 N–H and O–H groups in total. The minimum Gasteiger partial charge on any atom is -0.493 e. The Kier molecular flexibility index (Phi) is 8.15. The van der Waals surface area contributed by atoms with Crippen molar-refractivity contribution in [1.29, 1.82) is 0 Å². The third-order valence-corrected chi connectivity index (χ3v) is 5.62. The van der Waals surface area contributed by atoms with Crippen LogP contribution in [-0.4, -0.2) is 37.6 Å². The van der Waals surface area contributed by atoms with Gasteiger partial charge < -0.3 is 24.8 Å². The number of nitrogens with zero attached hydrogens (tertiary/aromatic N) is 1. The molecule has 0 bridgehead atoms. The first-order chi connectivity index (χ1) is 18.0. The van der Waals surface area contributed by atoms with Gasteiger partial charge in [-0.25, -0.2) is 4.39 Å². The molecule has 37 heavy (non-hydrogen) atoms. The summed E-state index contributed by atoms with van der Waals surface area (Å²) in [6.07, 6.45) is 2.16. The highest BCUT2D eigenvalue weighted by Gasteiger charge is 2.15. The second kappa shape index (κ2) is 11.9. The van der Waals surface area contributed by atoms with Gasteiger partial charge in [0.25, 0.3) is 0 Å². The van der Waals surface area contributed by atoms with E-state index in [1.54, 1.807) is 30.5 Å². The van der Waals surface area contributed by atoms with Gasteiger partial charge in [0.2, 0.25) is 0 Å². The molecule has 2 amide bonds. The van der Waals surface area contributed by atoms with Gasteiger partial charge in [-0.3, -0.25) is 14.6 Å². The Hall–Kier alpha value is -4.66. The maximum atomic E-state index is 14.8. The molecule has 0 saturated carbocycles. The van der Waals surface area contributed by atoms with Gasteiger partial charge in [0.1, 0.15) is 5.75 Å². The summed E-state index contributed by atoms with van der Waals surface area (Å²) in [4.78, 5) is 28.5. The zero-order valence-electron chi connectivity index (χ0n) is 20.4. The van der Waals surface area contributed by atoms with Gasteiger partial charge in [-0.2, -0.15) is 0 Å². The zero-order chi connectivity index (χ0) is 26.2. The topological polar surface area (TPSA) is 98.8 Å². The second-order valence-electron chi connectivity index (χ2n) is 8.07. The molecular weight excluding hydrogens is 477 g/mol. The number of pyridine rings is 1. The Labute approximate surface area is 213 Å². The van der Waals surface area contributed by atoms with Crippen molar-refractivity contribution in [3.63, 3.8) is 0 Å². The van der Waals surface area contributed by atoms with Crippen molar-refractivity contribution in [2.75, 3.05) is 20.8 Å². The summed E-state index contributed by atoms with van der Waals surface area (Å²) in [5, 5.41) is 5.70. The lowest BCUT2D eigenvalue weighted by Gasteiger charge is -2.13. The molecule has 0 saturated heterocycles. The van der Waals surface area contributed by atoms with Crippen LogP contribution in [0, 0.1) is 5.82 Å². The van der Waals surface area contributed by atoms with Crippen molar-refractivity contribution in [1.82, 2.24) is 15.6 Å². The van der Waals surface area contributed by atoms with E-state index in [0.717, 1.165) is 5.56 Å². The van der Waals surface area contributed by atoms with Crippen LogP contribution in [-0.2, 0) is 22.6 Å². The van der Waals surface area contributed by atoms with E-state index in [1.807, 2.05) is 30.3 Å². The number of rotatable bonds is 9. The number of carbonyl (C=O) groups is 2. The fraction of sp³-hybridized carbons (Fsp3) is 0.179. The number of carbonyl (C=O) groups excluding carboxylic acids is 2. The van der Waals surface area contributed by atoms with Crippen LogP contribution in [0.3, 0.4) is 0 Å². The van der Waals surface area contributed by atoms with E-state index in [4.69, 9.17) is 14.2 Å². The lowest BCUT2D eigenvalue weighted by molar-refractivity contribution is -0.139. The number of nitrogens with one attached hydrogen (secondary N) is 2. The standard InChI is InChI=1S/C28H26FN3O5/c1-35-25-15-20-22(16-26(25)36-2)30-13-11-23(20)37-24-9-8-19(14-21(24)29)17-32-28(34)27(33)31-12-10-18-6-4-3-5-7-18/h3-9,11,13-16H,10,12,17H2,1-2H3,(H,31,33)(H,32,34). The summed E-state index contributed by atoms with van der Waals surface area (Å²) >= 11 is 0. The van der Waals surface area contributed by atoms with E-state index < -0.39 is 17.6 Å². The van der Waals surface area contributed by atoms with E-state index in [2.05, 4.69) is 15.6 Å². The molecule has 0 aliphatic rings. The molecule has 0 aliphatic heterocycles. The van der Waals surface area contributed by atoms with Crippen LogP contribution in [0.4, 0.5) is 4.39 Å². The molecule has 0 aliphatic carbocycles. The van der Waals surface area contributed by atoms with E-state index in [-0.39, 0.29) is 12.3 Å². The predicted octanol–water partition coefficient (Wildman–Crippen LogP) is 4.16. The summed E-state index contributed by atoms with van der Waals surface area (Å²) in [7, 11) is 3.05. The van der Waals surface area contributed by atoms with Gasteiger partial charge in [0, 0.05) is 30.7 Å². The van der Waals surface area contributed by atoms with Gasteiger partial charge in [0.05, 0.1) is 19.7 Å². The number of methoxy groups -OCH3 is 2. The minimum absolute atomic E-state index is 0.00369. The molecule has 1 heterocycles. The zero-order valence-corrected chi connectivity index (χ0v) is 20.4. The molecule has 0 unspecified atom stereocenters. The van der Waals surface area contributed by atoms with E-state index >= 15 is 0 Å². The quantitative estimate of drug-likeness (QED) is 0.333.